The monoisotopic (exact) mass is 352 g/mol. The van der Waals surface area contributed by atoms with Crippen LogP contribution in [0.2, 0.25) is 5.02 Å². The quantitative estimate of drug-likeness (QED) is 0.829. The maximum atomic E-state index is 12.2. The van der Waals surface area contributed by atoms with Gasteiger partial charge in [0.15, 0.2) is 0 Å². The number of nitrogens with one attached hydrogen (secondary N) is 2. The van der Waals surface area contributed by atoms with Gasteiger partial charge in [-0.05, 0) is 43.2 Å². The van der Waals surface area contributed by atoms with Crippen LogP contribution < -0.4 is 15.6 Å². The summed E-state index contributed by atoms with van der Waals surface area (Å²) in [6.07, 6.45) is 0.865. The average Bonchev–Trinajstić information content (AvgIpc) is 2.93. The lowest BCUT2D eigenvalue weighted by Crippen LogP contribution is -2.41. The molecule has 0 aliphatic rings. The van der Waals surface area contributed by atoms with Gasteiger partial charge in [-0.3, -0.25) is 20.4 Å². The third-order valence-corrected chi connectivity index (χ3v) is 4.65. The SMILES string of the molecule is CCc1cc(C(=O)NNC(=O)c2ccc(Cl)cc2OC)sc1C. The summed E-state index contributed by atoms with van der Waals surface area (Å²) in [7, 11) is 1.45. The second kappa shape index (κ2) is 7.48. The van der Waals surface area contributed by atoms with Gasteiger partial charge in [-0.25, -0.2) is 0 Å². The van der Waals surface area contributed by atoms with Gasteiger partial charge < -0.3 is 4.74 Å². The Morgan fingerprint density at radius 2 is 1.91 bits per heavy atom. The first kappa shape index (κ1) is 17.3. The van der Waals surface area contributed by atoms with E-state index in [0.717, 1.165) is 16.9 Å². The summed E-state index contributed by atoms with van der Waals surface area (Å²) < 4.78 is 5.12. The van der Waals surface area contributed by atoms with Gasteiger partial charge in [-0.2, -0.15) is 0 Å². The molecule has 0 bridgehead atoms. The van der Waals surface area contributed by atoms with Crippen LogP contribution in [0.15, 0.2) is 24.3 Å². The fourth-order valence-electron chi connectivity index (χ4n) is 2.08. The van der Waals surface area contributed by atoms with Crippen LogP contribution in [0.25, 0.3) is 0 Å². The van der Waals surface area contributed by atoms with Gasteiger partial charge in [-0.15, -0.1) is 11.3 Å². The molecule has 0 unspecified atom stereocenters. The molecule has 0 spiro atoms. The number of thiophene rings is 1. The summed E-state index contributed by atoms with van der Waals surface area (Å²) in [5.74, 6) is -0.487. The van der Waals surface area contributed by atoms with Crippen molar-refractivity contribution in [3.05, 3.63) is 50.2 Å². The minimum absolute atomic E-state index is 0.286. The van der Waals surface area contributed by atoms with E-state index in [2.05, 4.69) is 10.9 Å². The second-order valence-corrected chi connectivity index (χ2v) is 6.49. The van der Waals surface area contributed by atoms with Crippen molar-refractivity contribution in [2.24, 2.45) is 0 Å². The number of hydrazine groups is 1. The van der Waals surface area contributed by atoms with E-state index in [1.807, 2.05) is 19.9 Å². The van der Waals surface area contributed by atoms with Crippen molar-refractivity contribution in [2.75, 3.05) is 7.11 Å². The van der Waals surface area contributed by atoms with Crippen LogP contribution in [-0.2, 0) is 6.42 Å². The van der Waals surface area contributed by atoms with Crippen molar-refractivity contribution in [2.45, 2.75) is 20.3 Å². The molecule has 0 atom stereocenters. The van der Waals surface area contributed by atoms with Crippen molar-refractivity contribution in [1.29, 1.82) is 0 Å². The Hall–Kier alpha value is -2.05. The lowest BCUT2D eigenvalue weighted by molar-refractivity contribution is 0.0847. The van der Waals surface area contributed by atoms with Gasteiger partial charge in [0.1, 0.15) is 5.75 Å². The molecule has 0 radical (unpaired) electrons. The average molecular weight is 353 g/mol. The first-order chi connectivity index (χ1) is 11.0. The summed E-state index contributed by atoms with van der Waals surface area (Å²) >= 11 is 7.26. The molecule has 0 aliphatic carbocycles. The van der Waals surface area contributed by atoms with Gasteiger partial charge >= 0.3 is 0 Å². The van der Waals surface area contributed by atoms with Crippen molar-refractivity contribution in [1.82, 2.24) is 10.9 Å². The first-order valence-electron chi connectivity index (χ1n) is 6.99. The maximum absolute atomic E-state index is 12.2. The van der Waals surface area contributed by atoms with Crippen molar-refractivity contribution < 1.29 is 14.3 Å². The van der Waals surface area contributed by atoms with Crippen LogP contribution in [0.5, 0.6) is 5.75 Å². The van der Waals surface area contributed by atoms with Gasteiger partial charge in [0.05, 0.1) is 17.6 Å². The standard InChI is InChI=1S/C16H17ClN2O3S/c1-4-10-7-14(23-9(10)2)16(21)19-18-15(20)12-6-5-11(17)8-13(12)22-3/h5-8H,4H2,1-3H3,(H,18,20)(H,19,21). The summed E-state index contributed by atoms with van der Waals surface area (Å²) in [4.78, 5) is 25.9. The fraction of sp³-hybridized carbons (Fsp3) is 0.250. The Kier molecular flexibility index (Phi) is 5.63. The lowest BCUT2D eigenvalue weighted by Gasteiger charge is -2.10. The van der Waals surface area contributed by atoms with E-state index in [-0.39, 0.29) is 11.5 Å². The number of hydrogen-bond donors (Lipinski definition) is 2. The fourth-order valence-corrected chi connectivity index (χ4v) is 3.25. The molecule has 0 aliphatic heterocycles. The van der Waals surface area contributed by atoms with Crippen molar-refractivity contribution in [3.63, 3.8) is 0 Å². The van der Waals surface area contributed by atoms with Crippen LogP contribution in [0, 0.1) is 6.92 Å². The molecule has 1 heterocycles. The third-order valence-electron chi connectivity index (χ3n) is 3.32. The molecule has 7 heteroatoms. The van der Waals surface area contributed by atoms with E-state index in [1.54, 1.807) is 6.07 Å². The molecular formula is C16H17ClN2O3S. The van der Waals surface area contributed by atoms with E-state index < -0.39 is 5.91 Å². The Morgan fingerprint density at radius 3 is 2.52 bits per heavy atom. The van der Waals surface area contributed by atoms with Crippen LogP contribution in [0.4, 0.5) is 0 Å². The van der Waals surface area contributed by atoms with E-state index in [1.165, 1.54) is 30.6 Å². The van der Waals surface area contributed by atoms with E-state index in [4.69, 9.17) is 16.3 Å². The van der Waals surface area contributed by atoms with Crippen LogP contribution >= 0.6 is 22.9 Å². The van der Waals surface area contributed by atoms with Crippen LogP contribution in [-0.4, -0.2) is 18.9 Å². The lowest BCUT2D eigenvalue weighted by atomic mass is 10.2. The molecule has 5 nitrogen and oxygen atoms in total. The highest BCUT2D eigenvalue weighted by Crippen LogP contribution is 2.23. The zero-order valence-corrected chi connectivity index (χ0v) is 14.6. The molecule has 23 heavy (non-hydrogen) atoms. The molecule has 2 rings (SSSR count). The number of ether oxygens (including phenoxy) is 1. The number of aryl methyl sites for hydroxylation is 2. The third kappa shape index (κ3) is 4.03. The topological polar surface area (TPSA) is 67.4 Å². The smallest absolute Gasteiger partial charge is 0.279 e. The second-order valence-electron chi connectivity index (χ2n) is 4.80. The summed E-state index contributed by atoms with van der Waals surface area (Å²) in [5, 5.41) is 0.462. The summed E-state index contributed by atoms with van der Waals surface area (Å²) in [6, 6.07) is 6.49. The Balaban J connectivity index is 2.05. The van der Waals surface area contributed by atoms with Gasteiger partial charge in [0, 0.05) is 9.90 Å². The molecule has 1 aromatic carbocycles. The number of methoxy groups -OCH3 is 1. The molecular weight excluding hydrogens is 336 g/mol. The number of benzene rings is 1. The highest BCUT2D eigenvalue weighted by atomic mass is 35.5. The van der Waals surface area contributed by atoms with E-state index in [9.17, 15) is 9.59 Å². The molecule has 2 N–H and O–H groups in total. The molecule has 0 fully saturated rings. The molecule has 1 aromatic heterocycles. The first-order valence-corrected chi connectivity index (χ1v) is 8.19. The number of carbonyl (C=O) groups excluding carboxylic acids is 2. The normalized spacial score (nSPS) is 10.3. The predicted octanol–water partition coefficient (Wildman–Crippen LogP) is 3.36. The molecule has 122 valence electrons. The largest absolute Gasteiger partial charge is 0.496 e. The van der Waals surface area contributed by atoms with Gasteiger partial charge in [0.2, 0.25) is 0 Å². The van der Waals surface area contributed by atoms with Crippen LogP contribution in [0.3, 0.4) is 0 Å². The Labute approximate surface area is 143 Å². The number of halogens is 1. The molecule has 2 aromatic rings. The predicted molar refractivity (Wildman–Crippen MR) is 91.4 cm³/mol. The number of carbonyl (C=O) groups is 2. The molecule has 0 saturated carbocycles. The van der Waals surface area contributed by atoms with Crippen molar-refractivity contribution >= 4 is 34.8 Å². The number of rotatable bonds is 4. The minimum atomic E-state index is -0.476. The highest BCUT2D eigenvalue weighted by molar-refractivity contribution is 7.14. The number of hydrogen-bond acceptors (Lipinski definition) is 4. The zero-order chi connectivity index (χ0) is 17.0. The van der Waals surface area contributed by atoms with Gasteiger partial charge in [0.25, 0.3) is 11.8 Å². The van der Waals surface area contributed by atoms with Gasteiger partial charge in [-0.1, -0.05) is 18.5 Å². The maximum Gasteiger partial charge on any atom is 0.279 e. The van der Waals surface area contributed by atoms with Crippen molar-refractivity contribution in [3.8, 4) is 5.75 Å². The minimum Gasteiger partial charge on any atom is -0.496 e. The number of amides is 2. The van der Waals surface area contributed by atoms with E-state index >= 15 is 0 Å². The van der Waals surface area contributed by atoms with Crippen LogP contribution in [0.1, 0.15) is 37.4 Å². The Morgan fingerprint density at radius 1 is 1.22 bits per heavy atom. The molecule has 2 amide bonds. The zero-order valence-electron chi connectivity index (χ0n) is 13.0. The Bertz CT molecular complexity index is 743. The highest BCUT2D eigenvalue weighted by Gasteiger charge is 2.15. The molecule has 0 saturated heterocycles. The summed E-state index contributed by atoms with van der Waals surface area (Å²) in [5.41, 5.74) is 6.21. The summed E-state index contributed by atoms with van der Waals surface area (Å²) in [6.45, 7) is 4.00. The van der Waals surface area contributed by atoms with E-state index in [0.29, 0.717) is 15.6 Å².